The van der Waals surface area contributed by atoms with E-state index in [0.717, 1.165) is 17.7 Å². The normalized spacial score (nSPS) is 23.2. The van der Waals surface area contributed by atoms with Gasteiger partial charge in [-0.2, -0.15) is 0 Å². The summed E-state index contributed by atoms with van der Waals surface area (Å²) in [4.78, 5) is 26.8. The smallest absolute Gasteiger partial charge is 0.313 e. The Balaban J connectivity index is 2.08. The summed E-state index contributed by atoms with van der Waals surface area (Å²) in [5.74, 6) is -0.177. The third-order valence-electron chi connectivity index (χ3n) is 3.48. The number of carbonyl (C=O) groups excluding carboxylic acids is 2. The van der Waals surface area contributed by atoms with E-state index >= 15 is 0 Å². The van der Waals surface area contributed by atoms with Gasteiger partial charge in [0.05, 0.1) is 16.9 Å². The Morgan fingerprint density at radius 2 is 2.32 bits per heavy atom. The Morgan fingerprint density at radius 1 is 1.53 bits per heavy atom. The van der Waals surface area contributed by atoms with Crippen molar-refractivity contribution in [1.29, 1.82) is 0 Å². The number of piperidine rings is 1. The Morgan fingerprint density at radius 3 is 2.95 bits per heavy atom. The summed E-state index contributed by atoms with van der Waals surface area (Å²) >= 11 is 1.44. The second kappa shape index (κ2) is 5.74. The van der Waals surface area contributed by atoms with Gasteiger partial charge in [0.2, 0.25) is 0 Å². The van der Waals surface area contributed by atoms with Crippen LogP contribution in [0.5, 0.6) is 0 Å². The van der Waals surface area contributed by atoms with Crippen LogP contribution in [0.15, 0.2) is 17.5 Å². The minimum absolute atomic E-state index is 0.0187. The number of amides is 1. The first-order valence-electron chi connectivity index (χ1n) is 6.57. The largest absolute Gasteiger partial charge is 0.466 e. The minimum atomic E-state index is -0.568. The first-order valence-corrected chi connectivity index (χ1v) is 7.45. The van der Waals surface area contributed by atoms with Gasteiger partial charge in [-0.1, -0.05) is 6.07 Å². The van der Waals surface area contributed by atoms with Gasteiger partial charge in [0, 0.05) is 13.1 Å². The molecule has 1 aromatic rings. The molecule has 104 valence electrons. The van der Waals surface area contributed by atoms with Crippen LogP contribution in [0.4, 0.5) is 0 Å². The van der Waals surface area contributed by atoms with Gasteiger partial charge in [0.25, 0.3) is 5.91 Å². The van der Waals surface area contributed by atoms with Crippen LogP contribution in [0.3, 0.4) is 0 Å². The predicted molar refractivity (Wildman–Crippen MR) is 74.2 cm³/mol. The zero-order valence-electron chi connectivity index (χ0n) is 11.3. The third-order valence-corrected chi connectivity index (χ3v) is 4.34. The molecule has 0 radical (unpaired) electrons. The van der Waals surface area contributed by atoms with Gasteiger partial charge in [-0.25, -0.2) is 0 Å². The van der Waals surface area contributed by atoms with Crippen LogP contribution < -0.4 is 0 Å². The highest BCUT2D eigenvalue weighted by Crippen LogP contribution is 2.32. The number of carbonyl (C=O) groups is 2. The average molecular weight is 281 g/mol. The molecule has 1 saturated heterocycles. The Hall–Kier alpha value is -1.36. The number of nitrogens with zero attached hydrogens (tertiary/aromatic N) is 1. The average Bonchev–Trinajstić information content (AvgIpc) is 2.92. The molecule has 1 fully saturated rings. The lowest BCUT2D eigenvalue weighted by atomic mass is 9.82. The van der Waals surface area contributed by atoms with Crippen molar-refractivity contribution in [3.8, 4) is 0 Å². The van der Waals surface area contributed by atoms with Crippen molar-refractivity contribution in [1.82, 2.24) is 4.90 Å². The number of rotatable bonds is 3. The lowest BCUT2D eigenvalue weighted by Gasteiger charge is -2.38. The fourth-order valence-corrected chi connectivity index (χ4v) is 3.13. The molecular formula is C14H19NO3S. The van der Waals surface area contributed by atoms with Crippen molar-refractivity contribution in [3.63, 3.8) is 0 Å². The van der Waals surface area contributed by atoms with Gasteiger partial charge in [-0.05, 0) is 38.1 Å². The van der Waals surface area contributed by atoms with Crippen molar-refractivity contribution < 1.29 is 14.3 Å². The van der Waals surface area contributed by atoms with Crippen LogP contribution >= 0.6 is 11.3 Å². The van der Waals surface area contributed by atoms with E-state index in [2.05, 4.69) is 0 Å². The number of ether oxygens (including phenoxy) is 1. The molecule has 0 N–H and O–H groups in total. The summed E-state index contributed by atoms with van der Waals surface area (Å²) in [6.45, 7) is 5.24. The number of thiophene rings is 1. The maximum atomic E-state index is 12.3. The predicted octanol–water partition coefficient (Wildman–Crippen LogP) is 2.55. The quantitative estimate of drug-likeness (QED) is 0.800. The van der Waals surface area contributed by atoms with Crippen LogP contribution in [0.2, 0.25) is 0 Å². The fourth-order valence-electron chi connectivity index (χ4n) is 2.44. The zero-order chi connectivity index (χ0) is 13.9. The first kappa shape index (κ1) is 14.1. The van der Waals surface area contributed by atoms with Gasteiger partial charge in [0.15, 0.2) is 0 Å². The van der Waals surface area contributed by atoms with Crippen molar-refractivity contribution >= 4 is 23.2 Å². The van der Waals surface area contributed by atoms with Gasteiger partial charge < -0.3 is 9.64 Å². The molecular weight excluding hydrogens is 262 g/mol. The lowest BCUT2D eigenvalue weighted by molar-refractivity contribution is -0.157. The number of hydrogen-bond acceptors (Lipinski definition) is 4. The summed E-state index contributed by atoms with van der Waals surface area (Å²) in [5.41, 5.74) is -0.568. The molecule has 0 bridgehead atoms. The topological polar surface area (TPSA) is 46.6 Å². The lowest BCUT2D eigenvalue weighted by Crippen LogP contribution is -2.48. The van der Waals surface area contributed by atoms with Gasteiger partial charge in [0.1, 0.15) is 0 Å². The summed E-state index contributed by atoms with van der Waals surface area (Å²) in [6.07, 6.45) is 1.62. The van der Waals surface area contributed by atoms with E-state index in [1.807, 2.05) is 24.4 Å². The van der Waals surface area contributed by atoms with Crippen molar-refractivity contribution in [3.05, 3.63) is 22.4 Å². The Labute approximate surface area is 117 Å². The van der Waals surface area contributed by atoms with Crippen molar-refractivity contribution in [2.24, 2.45) is 5.41 Å². The molecule has 1 atom stereocenters. The molecule has 5 heteroatoms. The number of esters is 1. The second-order valence-corrected chi connectivity index (χ2v) is 6.04. The van der Waals surface area contributed by atoms with Gasteiger partial charge in [-0.15, -0.1) is 11.3 Å². The van der Waals surface area contributed by atoms with Crippen molar-refractivity contribution in [2.45, 2.75) is 26.7 Å². The number of likely N-dealkylation sites (tertiary alicyclic amines) is 1. The van der Waals surface area contributed by atoms with E-state index in [9.17, 15) is 9.59 Å². The maximum absolute atomic E-state index is 12.3. The molecule has 0 aliphatic carbocycles. The molecule has 0 aromatic carbocycles. The monoisotopic (exact) mass is 281 g/mol. The van der Waals surface area contributed by atoms with E-state index in [0.29, 0.717) is 19.7 Å². The van der Waals surface area contributed by atoms with E-state index in [-0.39, 0.29) is 11.9 Å². The SMILES string of the molecule is CCOC(=O)C1(C)CCCN(C(=O)c2cccs2)C1. The van der Waals surface area contributed by atoms with Crippen molar-refractivity contribution in [2.75, 3.05) is 19.7 Å². The highest BCUT2D eigenvalue weighted by atomic mass is 32.1. The fraction of sp³-hybridized carbons (Fsp3) is 0.571. The van der Waals surface area contributed by atoms with E-state index in [1.165, 1.54) is 11.3 Å². The zero-order valence-corrected chi connectivity index (χ0v) is 12.2. The minimum Gasteiger partial charge on any atom is -0.466 e. The molecule has 4 nitrogen and oxygen atoms in total. The molecule has 1 unspecified atom stereocenters. The molecule has 1 aliphatic heterocycles. The molecule has 0 spiro atoms. The molecule has 1 aromatic heterocycles. The van der Waals surface area contributed by atoms with E-state index in [1.54, 1.807) is 11.8 Å². The Bertz CT molecular complexity index is 457. The summed E-state index contributed by atoms with van der Waals surface area (Å²) in [6, 6.07) is 3.69. The van der Waals surface area contributed by atoms with Crippen LogP contribution in [0.1, 0.15) is 36.4 Å². The van der Waals surface area contributed by atoms with E-state index < -0.39 is 5.41 Å². The molecule has 2 heterocycles. The summed E-state index contributed by atoms with van der Waals surface area (Å²) in [7, 11) is 0. The highest BCUT2D eigenvalue weighted by Gasteiger charge is 2.40. The molecule has 1 aliphatic rings. The van der Waals surface area contributed by atoms with Crippen LogP contribution in [0.25, 0.3) is 0 Å². The third kappa shape index (κ3) is 2.97. The first-order chi connectivity index (χ1) is 9.07. The summed E-state index contributed by atoms with van der Waals surface area (Å²) in [5, 5.41) is 1.89. The summed E-state index contributed by atoms with van der Waals surface area (Å²) < 4.78 is 5.13. The van der Waals surface area contributed by atoms with Crippen LogP contribution in [-0.4, -0.2) is 36.5 Å². The number of hydrogen-bond donors (Lipinski definition) is 0. The molecule has 2 rings (SSSR count). The standard InChI is InChI=1S/C14H19NO3S/c1-3-18-13(17)14(2)7-5-8-15(10-14)12(16)11-6-4-9-19-11/h4,6,9H,3,5,7-8,10H2,1-2H3. The van der Waals surface area contributed by atoms with Gasteiger partial charge >= 0.3 is 5.97 Å². The molecule has 0 saturated carbocycles. The van der Waals surface area contributed by atoms with Gasteiger partial charge in [-0.3, -0.25) is 9.59 Å². The van der Waals surface area contributed by atoms with Crippen LogP contribution in [0, 0.1) is 5.41 Å². The van der Waals surface area contributed by atoms with Crippen LogP contribution in [-0.2, 0) is 9.53 Å². The van der Waals surface area contributed by atoms with E-state index in [4.69, 9.17) is 4.74 Å². The maximum Gasteiger partial charge on any atom is 0.313 e. The second-order valence-electron chi connectivity index (χ2n) is 5.09. The molecule has 1 amide bonds. The molecule has 19 heavy (non-hydrogen) atoms. The Kier molecular flexibility index (Phi) is 4.24. The highest BCUT2D eigenvalue weighted by molar-refractivity contribution is 7.12.